The number of aliphatic imine (C=N–C) groups is 1. The number of carbonyl (C=O) groups is 1. The standard InChI is InChI=1S/C10H9ClFN3O/c1-13-10-14-8(9(16)15-10)6-4-5(11)2-3-7(6)12/h2-4,8H,1H3,(H2,13,14,15,16). The van der Waals surface area contributed by atoms with Crippen LogP contribution in [0.1, 0.15) is 11.6 Å². The fourth-order valence-electron chi connectivity index (χ4n) is 1.50. The fourth-order valence-corrected chi connectivity index (χ4v) is 1.68. The average Bonchev–Trinajstić information content (AvgIpc) is 2.63. The average molecular weight is 242 g/mol. The molecule has 0 bridgehead atoms. The van der Waals surface area contributed by atoms with E-state index in [0.717, 1.165) is 0 Å². The molecule has 1 aliphatic rings. The maximum Gasteiger partial charge on any atom is 0.254 e. The number of amides is 1. The Morgan fingerprint density at radius 3 is 2.88 bits per heavy atom. The molecule has 2 rings (SSSR count). The maximum absolute atomic E-state index is 13.5. The summed E-state index contributed by atoms with van der Waals surface area (Å²) in [6, 6.07) is 3.31. The Morgan fingerprint density at radius 2 is 2.25 bits per heavy atom. The van der Waals surface area contributed by atoms with E-state index in [1.807, 2.05) is 0 Å². The molecule has 0 aliphatic carbocycles. The van der Waals surface area contributed by atoms with Crippen LogP contribution in [-0.4, -0.2) is 18.9 Å². The van der Waals surface area contributed by atoms with Crippen LogP contribution in [-0.2, 0) is 4.79 Å². The molecule has 1 saturated heterocycles. The molecule has 0 spiro atoms. The molecular formula is C10H9ClFN3O. The molecule has 0 saturated carbocycles. The predicted octanol–water partition coefficient (Wildman–Crippen LogP) is 1.23. The zero-order valence-electron chi connectivity index (χ0n) is 8.42. The SMILES string of the molecule is CN=C1NC(=O)C(c2cc(Cl)ccc2F)N1. The molecule has 1 aromatic carbocycles. The van der Waals surface area contributed by atoms with Gasteiger partial charge in [-0.2, -0.15) is 0 Å². The normalized spacial score (nSPS) is 22.1. The van der Waals surface area contributed by atoms with Crippen molar-refractivity contribution >= 4 is 23.5 Å². The first-order valence-electron chi connectivity index (χ1n) is 4.61. The van der Waals surface area contributed by atoms with Gasteiger partial charge in [0.2, 0.25) is 0 Å². The summed E-state index contributed by atoms with van der Waals surface area (Å²) >= 11 is 5.76. The van der Waals surface area contributed by atoms with E-state index in [9.17, 15) is 9.18 Å². The minimum atomic E-state index is -0.780. The highest BCUT2D eigenvalue weighted by Crippen LogP contribution is 2.23. The predicted molar refractivity (Wildman–Crippen MR) is 58.8 cm³/mol. The summed E-state index contributed by atoms with van der Waals surface area (Å²) in [7, 11) is 1.53. The molecule has 1 heterocycles. The second kappa shape index (κ2) is 4.09. The Hall–Kier alpha value is -1.62. The van der Waals surface area contributed by atoms with Crippen molar-refractivity contribution in [1.29, 1.82) is 0 Å². The van der Waals surface area contributed by atoms with Crippen LogP contribution in [0.5, 0.6) is 0 Å². The van der Waals surface area contributed by atoms with E-state index in [0.29, 0.717) is 11.0 Å². The summed E-state index contributed by atoms with van der Waals surface area (Å²) in [4.78, 5) is 15.3. The van der Waals surface area contributed by atoms with Crippen molar-refractivity contribution in [3.8, 4) is 0 Å². The molecule has 4 nitrogen and oxygen atoms in total. The lowest BCUT2D eigenvalue weighted by molar-refractivity contribution is -0.120. The van der Waals surface area contributed by atoms with Crippen molar-refractivity contribution in [1.82, 2.24) is 10.6 Å². The summed E-state index contributed by atoms with van der Waals surface area (Å²) in [6.45, 7) is 0. The van der Waals surface area contributed by atoms with E-state index in [2.05, 4.69) is 15.6 Å². The number of benzene rings is 1. The molecule has 1 aromatic rings. The number of hydrogen-bond acceptors (Lipinski definition) is 2. The van der Waals surface area contributed by atoms with Crippen LogP contribution < -0.4 is 10.6 Å². The van der Waals surface area contributed by atoms with Gasteiger partial charge < -0.3 is 5.32 Å². The lowest BCUT2D eigenvalue weighted by Gasteiger charge is -2.09. The summed E-state index contributed by atoms with van der Waals surface area (Å²) in [6.07, 6.45) is 0. The van der Waals surface area contributed by atoms with Gasteiger partial charge in [-0.3, -0.25) is 15.1 Å². The molecule has 16 heavy (non-hydrogen) atoms. The highest BCUT2D eigenvalue weighted by molar-refractivity contribution is 6.30. The van der Waals surface area contributed by atoms with Crippen LogP contribution in [0.2, 0.25) is 5.02 Å². The number of rotatable bonds is 1. The summed E-state index contributed by atoms with van der Waals surface area (Å²) in [5.74, 6) is -0.495. The van der Waals surface area contributed by atoms with Crippen molar-refractivity contribution in [2.75, 3.05) is 7.05 Å². The highest BCUT2D eigenvalue weighted by atomic mass is 35.5. The van der Waals surface area contributed by atoms with Crippen molar-refractivity contribution < 1.29 is 9.18 Å². The van der Waals surface area contributed by atoms with Gasteiger partial charge in [-0.05, 0) is 18.2 Å². The van der Waals surface area contributed by atoms with E-state index in [1.54, 1.807) is 0 Å². The van der Waals surface area contributed by atoms with Crippen LogP contribution in [0, 0.1) is 5.82 Å². The first-order valence-corrected chi connectivity index (χ1v) is 4.98. The van der Waals surface area contributed by atoms with Gasteiger partial charge in [0.05, 0.1) is 0 Å². The van der Waals surface area contributed by atoms with Gasteiger partial charge in [0, 0.05) is 17.6 Å². The van der Waals surface area contributed by atoms with Gasteiger partial charge in [-0.25, -0.2) is 4.39 Å². The third kappa shape index (κ3) is 1.86. The molecule has 1 aliphatic heterocycles. The smallest absolute Gasteiger partial charge is 0.254 e. The third-order valence-corrected chi connectivity index (χ3v) is 2.51. The highest BCUT2D eigenvalue weighted by Gasteiger charge is 2.31. The molecule has 1 unspecified atom stereocenters. The van der Waals surface area contributed by atoms with Gasteiger partial charge in [-0.15, -0.1) is 0 Å². The Morgan fingerprint density at radius 1 is 1.50 bits per heavy atom. The molecule has 1 fully saturated rings. The monoisotopic (exact) mass is 241 g/mol. The Kier molecular flexibility index (Phi) is 2.78. The quantitative estimate of drug-likeness (QED) is 0.777. The number of carbonyl (C=O) groups excluding carboxylic acids is 1. The Balaban J connectivity index is 2.38. The van der Waals surface area contributed by atoms with Crippen molar-refractivity contribution in [2.45, 2.75) is 6.04 Å². The summed E-state index contributed by atoms with van der Waals surface area (Å²) in [5, 5.41) is 5.64. The van der Waals surface area contributed by atoms with Crippen LogP contribution in [0.15, 0.2) is 23.2 Å². The van der Waals surface area contributed by atoms with Crippen molar-refractivity contribution in [3.63, 3.8) is 0 Å². The van der Waals surface area contributed by atoms with Crippen molar-refractivity contribution in [3.05, 3.63) is 34.6 Å². The van der Waals surface area contributed by atoms with Gasteiger partial charge in [0.15, 0.2) is 5.96 Å². The molecule has 0 aromatic heterocycles. The lowest BCUT2D eigenvalue weighted by Crippen LogP contribution is -2.24. The number of nitrogens with zero attached hydrogens (tertiary/aromatic N) is 1. The Bertz CT molecular complexity index is 475. The van der Waals surface area contributed by atoms with Gasteiger partial charge in [0.25, 0.3) is 5.91 Å². The number of hydrogen-bond donors (Lipinski definition) is 2. The van der Waals surface area contributed by atoms with Gasteiger partial charge in [0.1, 0.15) is 11.9 Å². The minimum Gasteiger partial charge on any atom is -0.340 e. The molecule has 84 valence electrons. The number of guanidine groups is 1. The molecule has 1 amide bonds. The maximum atomic E-state index is 13.5. The van der Waals surface area contributed by atoms with Crippen molar-refractivity contribution in [2.24, 2.45) is 4.99 Å². The van der Waals surface area contributed by atoms with Gasteiger partial charge >= 0.3 is 0 Å². The minimum absolute atomic E-state index is 0.212. The third-order valence-electron chi connectivity index (χ3n) is 2.28. The van der Waals surface area contributed by atoms with E-state index < -0.39 is 11.9 Å². The molecule has 6 heteroatoms. The van der Waals surface area contributed by atoms with E-state index in [4.69, 9.17) is 11.6 Å². The topological polar surface area (TPSA) is 53.5 Å². The second-order valence-electron chi connectivity index (χ2n) is 3.30. The van der Waals surface area contributed by atoms with E-state index >= 15 is 0 Å². The van der Waals surface area contributed by atoms with Crippen LogP contribution in [0.25, 0.3) is 0 Å². The number of halogens is 2. The molecule has 0 radical (unpaired) electrons. The molecule has 1 atom stereocenters. The summed E-state index contributed by atoms with van der Waals surface area (Å²) < 4.78 is 13.5. The van der Waals surface area contributed by atoms with Crippen LogP contribution >= 0.6 is 11.6 Å². The number of nitrogens with one attached hydrogen (secondary N) is 2. The molecular weight excluding hydrogens is 233 g/mol. The second-order valence-corrected chi connectivity index (χ2v) is 3.74. The molecule has 2 N–H and O–H groups in total. The first-order chi connectivity index (χ1) is 7.61. The van der Waals surface area contributed by atoms with Gasteiger partial charge in [-0.1, -0.05) is 11.6 Å². The lowest BCUT2D eigenvalue weighted by atomic mass is 10.1. The van der Waals surface area contributed by atoms with Crippen LogP contribution in [0.4, 0.5) is 4.39 Å². The largest absolute Gasteiger partial charge is 0.340 e. The zero-order valence-corrected chi connectivity index (χ0v) is 9.18. The zero-order chi connectivity index (χ0) is 11.7. The van der Waals surface area contributed by atoms with E-state index in [-0.39, 0.29) is 11.5 Å². The van der Waals surface area contributed by atoms with E-state index in [1.165, 1.54) is 25.2 Å². The Labute approximate surface area is 96.5 Å². The van der Waals surface area contributed by atoms with Crippen LogP contribution in [0.3, 0.4) is 0 Å². The fraction of sp³-hybridized carbons (Fsp3) is 0.200. The first kappa shape index (κ1) is 10.9. The summed E-state index contributed by atoms with van der Waals surface area (Å²) in [5.41, 5.74) is 0.212.